The fraction of sp³-hybridized carbons (Fsp3) is 0.143. The van der Waals surface area contributed by atoms with Crippen LogP contribution in [-0.2, 0) is 6.42 Å². The van der Waals surface area contributed by atoms with Crippen LogP contribution < -0.4 is 5.73 Å². The van der Waals surface area contributed by atoms with E-state index in [1.54, 1.807) is 0 Å². The van der Waals surface area contributed by atoms with Crippen LogP contribution in [0.3, 0.4) is 0 Å². The van der Waals surface area contributed by atoms with Crippen molar-refractivity contribution in [1.29, 1.82) is 0 Å². The van der Waals surface area contributed by atoms with E-state index in [0.717, 1.165) is 30.3 Å². The molecule has 0 fully saturated rings. The van der Waals surface area contributed by atoms with E-state index < -0.39 is 29.3 Å². The standard InChI is InChI=1S/C14H10ClF4N/c15-11-6-12(18)10(5-13(11)19)14(20)3-7-1-8(16)4-9(17)2-7/h1-2,4-6,14H,3,20H2. The minimum Gasteiger partial charge on any atom is -0.324 e. The molecule has 0 aliphatic heterocycles. The maximum absolute atomic E-state index is 13.7. The first kappa shape index (κ1) is 14.8. The maximum Gasteiger partial charge on any atom is 0.142 e. The summed E-state index contributed by atoms with van der Waals surface area (Å²) in [4.78, 5) is 0. The molecule has 0 saturated heterocycles. The van der Waals surface area contributed by atoms with Crippen LogP contribution in [0.1, 0.15) is 17.2 Å². The van der Waals surface area contributed by atoms with Crippen LogP contribution in [0.25, 0.3) is 0 Å². The van der Waals surface area contributed by atoms with Crippen molar-refractivity contribution < 1.29 is 17.6 Å². The SMILES string of the molecule is NC(Cc1cc(F)cc(F)c1)c1cc(F)c(Cl)cc1F. The Hall–Kier alpha value is -1.59. The van der Waals surface area contributed by atoms with Crippen LogP contribution >= 0.6 is 11.6 Å². The zero-order valence-electron chi connectivity index (χ0n) is 10.1. The largest absolute Gasteiger partial charge is 0.324 e. The van der Waals surface area contributed by atoms with Crippen LogP contribution in [0.2, 0.25) is 5.02 Å². The average Bonchev–Trinajstić information content (AvgIpc) is 2.32. The number of hydrogen-bond acceptors (Lipinski definition) is 1. The van der Waals surface area contributed by atoms with E-state index >= 15 is 0 Å². The van der Waals surface area contributed by atoms with Crippen molar-refractivity contribution in [3.63, 3.8) is 0 Å². The molecule has 1 unspecified atom stereocenters. The van der Waals surface area contributed by atoms with Gasteiger partial charge >= 0.3 is 0 Å². The third kappa shape index (κ3) is 3.29. The Balaban J connectivity index is 2.28. The predicted molar refractivity (Wildman–Crippen MR) is 68.4 cm³/mol. The molecule has 0 aliphatic carbocycles. The van der Waals surface area contributed by atoms with Gasteiger partial charge in [0.25, 0.3) is 0 Å². The van der Waals surface area contributed by atoms with Gasteiger partial charge in [0.2, 0.25) is 0 Å². The lowest BCUT2D eigenvalue weighted by atomic mass is 9.99. The molecule has 0 heterocycles. The fourth-order valence-corrected chi connectivity index (χ4v) is 2.07. The van der Waals surface area contributed by atoms with Crippen molar-refractivity contribution in [3.8, 4) is 0 Å². The summed E-state index contributed by atoms with van der Waals surface area (Å²) in [5.74, 6) is -3.07. The van der Waals surface area contributed by atoms with Gasteiger partial charge in [0.1, 0.15) is 23.3 Å². The maximum atomic E-state index is 13.7. The molecule has 0 saturated carbocycles. The Morgan fingerprint density at radius 2 is 1.50 bits per heavy atom. The third-order valence-corrected chi connectivity index (χ3v) is 3.11. The van der Waals surface area contributed by atoms with E-state index in [1.807, 2.05) is 0 Å². The van der Waals surface area contributed by atoms with Gasteiger partial charge in [0, 0.05) is 17.7 Å². The molecule has 0 bridgehead atoms. The highest BCUT2D eigenvalue weighted by Gasteiger charge is 2.16. The quantitative estimate of drug-likeness (QED) is 0.669. The average molecular weight is 304 g/mol. The number of nitrogens with two attached hydrogens (primary N) is 1. The van der Waals surface area contributed by atoms with Crippen molar-refractivity contribution >= 4 is 11.6 Å². The summed E-state index contributed by atoms with van der Waals surface area (Å²) in [6.07, 6.45) is -0.0350. The second kappa shape index (κ2) is 5.81. The van der Waals surface area contributed by atoms with Crippen molar-refractivity contribution in [1.82, 2.24) is 0 Å². The number of rotatable bonds is 3. The van der Waals surface area contributed by atoms with Crippen molar-refractivity contribution in [3.05, 3.63) is 69.8 Å². The molecule has 0 spiro atoms. The van der Waals surface area contributed by atoms with Crippen molar-refractivity contribution in [2.24, 2.45) is 5.73 Å². The molecular formula is C14H10ClF4N. The topological polar surface area (TPSA) is 26.0 Å². The van der Waals surface area contributed by atoms with Crippen molar-refractivity contribution in [2.45, 2.75) is 12.5 Å². The van der Waals surface area contributed by atoms with Crippen LogP contribution in [0.5, 0.6) is 0 Å². The summed E-state index contributed by atoms with van der Waals surface area (Å²) >= 11 is 5.44. The van der Waals surface area contributed by atoms with Gasteiger partial charge in [-0.1, -0.05) is 11.6 Å². The fourth-order valence-electron chi connectivity index (χ4n) is 1.91. The number of halogens is 5. The van der Waals surface area contributed by atoms with Gasteiger partial charge in [0.15, 0.2) is 0 Å². The Morgan fingerprint density at radius 1 is 0.900 bits per heavy atom. The smallest absolute Gasteiger partial charge is 0.142 e. The third-order valence-electron chi connectivity index (χ3n) is 2.82. The van der Waals surface area contributed by atoms with Crippen LogP contribution in [0, 0.1) is 23.3 Å². The van der Waals surface area contributed by atoms with Gasteiger partial charge in [-0.2, -0.15) is 0 Å². The molecule has 2 N–H and O–H groups in total. The van der Waals surface area contributed by atoms with E-state index in [9.17, 15) is 17.6 Å². The van der Waals surface area contributed by atoms with E-state index in [2.05, 4.69) is 0 Å². The van der Waals surface area contributed by atoms with Gasteiger partial charge in [0.05, 0.1) is 5.02 Å². The molecule has 6 heteroatoms. The monoisotopic (exact) mass is 303 g/mol. The summed E-state index contributed by atoms with van der Waals surface area (Å²) in [7, 11) is 0. The first-order chi connectivity index (χ1) is 9.36. The highest BCUT2D eigenvalue weighted by molar-refractivity contribution is 6.30. The molecular weight excluding hydrogens is 294 g/mol. The molecule has 20 heavy (non-hydrogen) atoms. The van der Waals surface area contributed by atoms with Crippen LogP contribution in [0.4, 0.5) is 17.6 Å². The van der Waals surface area contributed by atoms with Crippen molar-refractivity contribution in [2.75, 3.05) is 0 Å². The lowest BCUT2D eigenvalue weighted by molar-refractivity contribution is 0.555. The lowest BCUT2D eigenvalue weighted by Gasteiger charge is -2.14. The van der Waals surface area contributed by atoms with Gasteiger partial charge in [-0.05, 0) is 36.2 Å². The first-order valence-corrected chi connectivity index (χ1v) is 6.09. The van der Waals surface area contributed by atoms with Crippen LogP contribution in [0.15, 0.2) is 30.3 Å². The predicted octanol–water partition coefficient (Wildman–Crippen LogP) is 4.14. The van der Waals surface area contributed by atoms with Crippen LogP contribution in [-0.4, -0.2) is 0 Å². The Labute approximate surface area is 118 Å². The molecule has 0 aromatic heterocycles. The highest BCUT2D eigenvalue weighted by Crippen LogP contribution is 2.25. The second-order valence-corrected chi connectivity index (χ2v) is 4.78. The normalized spacial score (nSPS) is 12.5. The zero-order chi connectivity index (χ0) is 14.9. The molecule has 106 valence electrons. The molecule has 1 nitrogen and oxygen atoms in total. The van der Waals surface area contributed by atoms with E-state index in [4.69, 9.17) is 17.3 Å². The molecule has 2 aromatic carbocycles. The molecule has 2 rings (SSSR count). The molecule has 0 amide bonds. The van der Waals surface area contributed by atoms with E-state index in [-0.39, 0.29) is 22.6 Å². The highest BCUT2D eigenvalue weighted by atomic mass is 35.5. The lowest BCUT2D eigenvalue weighted by Crippen LogP contribution is -2.15. The zero-order valence-corrected chi connectivity index (χ0v) is 10.9. The summed E-state index contributed by atoms with van der Waals surface area (Å²) in [6.45, 7) is 0. The Morgan fingerprint density at radius 3 is 2.10 bits per heavy atom. The summed E-state index contributed by atoms with van der Waals surface area (Å²) in [5.41, 5.74) is 5.91. The molecule has 0 aliphatic rings. The Bertz CT molecular complexity index is 625. The summed E-state index contributed by atoms with van der Waals surface area (Å²) in [6, 6.07) is 3.66. The number of hydrogen-bond donors (Lipinski definition) is 1. The van der Waals surface area contributed by atoms with Gasteiger partial charge < -0.3 is 5.73 Å². The van der Waals surface area contributed by atoms with E-state index in [1.165, 1.54) is 0 Å². The number of benzene rings is 2. The van der Waals surface area contributed by atoms with Gasteiger partial charge in [-0.25, -0.2) is 17.6 Å². The van der Waals surface area contributed by atoms with Gasteiger partial charge in [-0.3, -0.25) is 0 Å². The van der Waals surface area contributed by atoms with E-state index in [0.29, 0.717) is 0 Å². The molecule has 2 aromatic rings. The van der Waals surface area contributed by atoms with Gasteiger partial charge in [-0.15, -0.1) is 0 Å². The first-order valence-electron chi connectivity index (χ1n) is 5.72. The summed E-state index contributed by atoms with van der Waals surface area (Å²) in [5, 5.41) is -0.352. The Kier molecular flexibility index (Phi) is 4.30. The molecule has 1 atom stereocenters. The molecule has 0 radical (unpaired) electrons. The minimum absolute atomic E-state index is 0.0350. The summed E-state index contributed by atoms with van der Waals surface area (Å²) < 4.78 is 53.1. The minimum atomic E-state index is -0.942. The second-order valence-electron chi connectivity index (χ2n) is 4.38.